The second-order valence-electron chi connectivity index (χ2n) is 8.23. The average molecular weight is 441 g/mol. The van der Waals surface area contributed by atoms with Crippen molar-refractivity contribution in [3.63, 3.8) is 0 Å². The number of benzene rings is 2. The first-order chi connectivity index (χ1) is 15.7. The number of nitrogens with one attached hydrogen (secondary N) is 1. The quantitative estimate of drug-likeness (QED) is 0.613. The van der Waals surface area contributed by atoms with Crippen molar-refractivity contribution in [1.82, 2.24) is 10.2 Å². The average Bonchev–Trinajstić information content (AvgIpc) is 3.32. The van der Waals surface area contributed by atoms with Crippen molar-refractivity contribution in [1.29, 1.82) is 0 Å². The highest BCUT2D eigenvalue weighted by molar-refractivity contribution is 5.76. The lowest BCUT2D eigenvalue weighted by atomic mass is 10.0. The molecule has 0 aromatic heterocycles. The lowest BCUT2D eigenvalue weighted by molar-refractivity contribution is -0.122. The monoisotopic (exact) mass is 440 g/mol. The second kappa shape index (κ2) is 11.1. The minimum absolute atomic E-state index is 0.00497. The molecule has 172 valence electrons. The Hall–Kier alpha value is -2.93. The van der Waals surface area contributed by atoms with Crippen molar-refractivity contribution >= 4 is 5.91 Å². The number of carbonyl (C=O) groups is 1. The predicted octanol–water partition coefficient (Wildman–Crippen LogP) is 3.06. The van der Waals surface area contributed by atoms with Crippen LogP contribution >= 0.6 is 0 Å². The lowest BCUT2D eigenvalue weighted by Crippen LogP contribution is -2.44. The summed E-state index contributed by atoms with van der Waals surface area (Å²) in [5.41, 5.74) is 1.13. The van der Waals surface area contributed by atoms with E-state index in [1.165, 1.54) is 12.8 Å². The van der Waals surface area contributed by atoms with Crippen LogP contribution in [0.25, 0.3) is 0 Å². The fourth-order valence-corrected chi connectivity index (χ4v) is 4.19. The molecular formula is C25H32N2O5. The van der Waals surface area contributed by atoms with E-state index < -0.39 is 0 Å². The molecule has 2 aromatic rings. The van der Waals surface area contributed by atoms with Gasteiger partial charge in [0.1, 0.15) is 24.7 Å². The smallest absolute Gasteiger partial charge is 0.223 e. The molecule has 32 heavy (non-hydrogen) atoms. The van der Waals surface area contributed by atoms with Crippen LogP contribution in [0.4, 0.5) is 0 Å². The van der Waals surface area contributed by atoms with Gasteiger partial charge >= 0.3 is 0 Å². The number of rotatable bonds is 10. The molecule has 0 spiro atoms. The van der Waals surface area contributed by atoms with Gasteiger partial charge in [0.25, 0.3) is 0 Å². The molecule has 1 fully saturated rings. The van der Waals surface area contributed by atoms with Crippen LogP contribution in [-0.4, -0.2) is 63.4 Å². The summed E-state index contributed by atoms with van der Waals surface area (Å²) in [6.45, 7) is 4.49. The van der Waals surface area contributed by atoms with Crippen LogP contribution in [-0.2, 0) is 11.2 Å². The van der Waals surface area contributed by atoms with E-state index in [-0.39, 0.29) is 11.9 Å². The standard InChI is InChI=1S/C25H32N2O5/c1-29-21-5-4-6-22(17-21)30-12-9-25(28)26-20(18-27-10-2-3-11-27)15-19-7-8-23-24(16-19)32-14-13-31-23/h4-8,16-17,20H,2-3,9-15,18H2,1H3,(H,26,28)/t20-/m0/s1. The molecule has 1 saturated heterocycles. The van der Waals surface area contributed by atoms with Crippen molar-refractivity contribution < 1.29 is 23.7 Å². The number of amides is 1. The maximum absolute atomic E-state index is 12.7. The molecule has 0 unspecified atom stereocenters. The highest BCUT2D eigenvalue weighted by atomic mass is 16.6. The number of carbonyl (C=O) groups excluding carboxylic acids is 1. The third-order valence-corrected chi connectivity index (χ3v) is 5.77. The van der Waals surface area contributed by atoms with Gasteiger partial charge in [-0.3, -0.25) is 4.79 Å². The molecule has 7 nitrogen and oxygen atoms in total. The van der Waals surface area contributed by atoms with Crippen molar-refractivity contribution in [3.8, 4) is 23.0 Å². The minimum atomic E-state index is -0.00497. The first kappa shape index (κ1) is 22.3. The molecule has 7 heteroatoms. The zero-order valence-electron chi connectivity index (χ0n) is 18.7. The van der Waals surface area contributed by atoms with Crippen LogP contribution in [0.1, 0.15) is 24.8 Å². The van der Waals surface area contributed by atoms with Gasteiger partial charge in [-0.25, -0.2) is 0 Å². The Labute approximate surface area is 189 Å². The van der Waals surface area contributed by atoms with E-state index in [4.69, 9.17) is 18.9 Å². The van der Waals surface area contributed by atoms with Crippen LogP contribution in [0, 0.1) is 0 Å². The summed E-state index contributed by atoms with van der Waals surface area (Å²) in [5, 5.41) is 3.22. The number of nitrogens with zero attached hydrogens (tertiary/aromatic N) is 1. The summed E-state index contributed by atoms with van der Waals surface area (Å²) >= 11 is 0. The third kappa shape index (κ3) is 6.29. The zero-order chi connectivity index (χ0) is 22.2. The van der Waals surface area contributed by atoms with Crippen LogP contribution in [0.5, 0.6) is 23.0 Å². The molecule has 0 saturated carbocycles. The molecule has 2 aromatic carbocycles. The fraction of sp³-hybridized carbons (Fsp3) is 0.480. The van der Waals surface area contributed by atoms with Crippen molar-refractivity contribution in [2.24, 2.45) is 0 Å². The van der Waals surface area contributed by atoms with Gasteiger partial charge in [-0.2, -0.15) is 0 Å². The molecule has 0 radical (unpaired) electrons. The summed E-state index contributed by atoms with van der Waals surface area (Å²) in [6.07, 6.45) is 3.49. The van der Waals surface area contributed by atoms with Gasteiger partial charge in [0.15, 0.2) is 11.5 Å². The molecule has 0 bridgehead atoms. The van der Waals surface area contributed by atoms with Crippen LogP contribution in [0.15, 0.2) is 42.5 Å². The second-order valence-corrected chi connectivity index (χ2v) is 8.23. The van der Waals surface area contributed by atoms with Crippen LogP contribution in [0.3, 0.4) is 0 Å². The first-order valence-corrected chi connectivity index (χ1v) is 11.4. The zero-order valence-corrected chi connectivity index (χ0v) is 18.7. The molecule has 0 aliphatic carbocycles. The highest BCUT2D eigenvalue weighted by Crippen LogP contribution is 2.31. The van der Waals surface area contributed by atoms with Gasteiger partial charge in [-0.15, -0.1) is 0 Å². The van der Waals surface area contributed by atoms with Crippen molar-refractivity contribution in [3.05, 3.63) is 48.0 Å². The third-order valence-electron chi connectivity index (χ3n) is 5.77. The topological polar surface area (TPSA) is 69.3 Å². The summed E-state index contributed by atoms with van der Waals surface area (Å²) in [4.78, 5) is 15.1. The summed E-state index contributed by atoms with van der Waals surface area (Å²) < 4.78 is 22.3. The van der Waals surface area contributed by atoms with Gasteiger partial charge in [0.05, 0.1) is 20.1 Å². The highest BCUT2D eigenvalue weighted by Gasteiger charge is 2.21. The Morgan fingerprint density at radius 2 is 1.84 bits per heavy atom. The maximum atomic E-state index is 12.7. The van der Waals surface area contributed by atoms with Gasteiger partial charge in [-0.05, 0) is 62.2 Å². The summed E-state index contributed by atoms with van der Waals surface area (Å²) in [6, 6.07) is 13.5. The summed E-state index contributed by atoms with van der Waals surface area (Å²) in [5.74, 6) is 3.00. The van der Waals surface area contributed by atoms with Gasteiger partial charge < -0.3 is 29.2 Å². The molecule has 1 atom stereocenters. The molecule has 4 rings (SSSR count). The first-order valence-electron chi connectivity index (χ1n) is 11.4. The number of likely N-dealkylation sites (tertiary alicyclic amines) is 1. The van der Waals surface area contributed by atoms with Gasteiger partial charge in [-0.1, -0.05) is 12.1 Å². The minimum Gasteiger partial charge on any atom is -0.497 e. The van der Waals surface area contributed by atoms with E-state index in [0.717, 1.165) is 48.9 Å². The molecular weight excluding hydrogens is 408 g/mol. The largest absolute Gasteiger partial charge is 0.497 e. The number of ether oxygens (including phenoxy) is 4. The van der Waals surface area contributed by atoms with Crippen LogP contribution < -0.4 is 24.3 Å². The lowest BCUT2D eigenvalue weighted by Gasteiger charge is -2.25. The van der Waals surface area contributed by atoms with E-state index in [0.29, 0.717) is 32.0 Å². The van der Waals surface area contributed by atoms with E-state index in [1.807, 2.05) is 36.4 Å². The van der Waals surface area contributed by atoms with E-state index in [2.05, 4.69) is 16.3 Å². The maximum Gasteiger partial charge on any atom is 0.223 e. The Morgan fingerprint density at radius 3 is 2.66 bits per heavy atom. The summed E-state index contributed by atoms with van der Waals surface area (Å²) in [7, 11) is 1.62. The van der Waals surface area contributed by atoms with Crippen molar-refractivity contribution in [2.75, 3.05) is 46.6 Å². The number of fused-ring (bicyclic) bond motifs is 1. The Balaban J connectivity index is 1.32. The Morgan fingerprint density at radius 1 is 1.06 bits per heavy atom. The normalized spacial score (nSPS) is 16.4. The molecule has 2 heterocycles. The van der Waals surface area contributed by atoms with Crippen LogP contribution in [0.2, 0.25) is 0 Å². The Kier molecular flexibility index (Phi) is 7.72. The fourth-order valence-electron chi connectivity index (χ4n) is 4.19. The van der Waals surface area contributed by atoms with E-state index in [9.17, 15) is 4.79 Å². The van der Waals surface area contributed by atoms with Gasteiger partial charge in [0.2, 0.25) is 5.91 Å². The number of hydrogen-bond donors (Lipinski definition) is 1. The molecule has 1 amide bonds. The Bertz CT molecular complexity index is 898. The molecule has 2 aliphatic rings. The number of hydrogen-bond acceptors (Lipinski definition) is 6. The molecule has 1 N–H and O–H groups in total. The van der Waals surface area contributed by atoms with E-state index >= 15 is 0 Å². The molecule has 2 aliphatic heterocycles. The number of methoxy groups -OCH3 is 1. The SMILES string of the molecule is COc1cccc(OCCC(=O)N[C@@H](Cc2ccc3c(c2)OCCO3)CN2CCCC2)c1. The van der Waals surface area contributed by atoms with E-state index in [1.54, 1.807) is 7.11 Å². The van der Waals surface area contributed by atoms with Crippen molar-refractivity contribution in [2.45, 2.75) is 31.7 Å². The van der Waals surface area contributed by atoms with Gasteiger partial charge in [0, 0.05) is 18.7 Å². The predicted molar refractivity (Wildman–Crippen MR) is 122 cm³/mol.